The van der Waals surface area contributed by atoms with Crippen molar-refractivity contribution in [2.75, 3.05) is 9.80 Å². The van der Waals surface area contributed by atoms with Crippen molar-refractivity contribution in [2.24, 2.45) is 0 Å². The van der Waals surface area contributed by atoms with Crippen LogP contribution in [0.5, 0.6) is 0 Å². The van der Waals surface area contributed by atoms with Gasteiger partial charge in [-0.15, -0.1) is 0 Å². The number of alkyl halides is 2. The summed E-state index contributed by atoms with van der Waals surface area (Å²) in [5.41, 5.74) is 0.219. The summed E-state index contributed by atoms with van der Waals surface area (Å²) in [6.07, 6.45) is 0.149. The van der Waals surface area contributed by atoms with Crippen LogP contribution in [0, 0.1) is 28.5 Å². The number of carbonyl (C=O) groups excluding carboxylic acids is 3. The molecule has 9 nitrogen and oxygen atoms in total. The van der Waals surface area contributed by atoms with E-state index in [0.717, 1.165) is 21.9 Å². The highest BCUT2D eigenvalue weighted by molar-refractivity contribution is 6.10. The van der Waals surface area contributed by atoms with Crippen LogP contribution in [-0.2, 0) is 14.4 Å². The number of hydrogen-bond acceptors (Lipinski definition) is 6. The van der Waals surface area contributed by atoms with Crippen LogP contribution in [0.1, 0.15) is 48.4 Å². The second kappa shape index (κ2) is 11.3. The molecule has 2 aliphatic rings. The van der Waals surface area contributed by atoms with Crippen molar-refractivity contribution in [3.05, 3.63) is 89.4 Å². The Kier molecular flexibility index (Phi) is 7.64. The molecular formula is C30H23F3N6O3. The van der Waals surface area contributed by atoms with Gasteiger partial charge in [-0.2, -0.15) is 10.5 Å². The highest BCUT2D eigenvalue weighted by Gasteiger charge is 2.48. The molecule has 0 bridgehead atoms. The first kappa shape index (κ1) is 28.3. The fourth-order valence-corrected chi connectivity index (χ4v) is 5.26. The number of aromatic nitrogens is 1. The Hall–Kier alpha value is -5.23. The summed E-state index contributed by atoms with van der Waals surface area (Å²) in [7, 11) is 0. The number of halogens is 3. The van der Waals surface area contributed by atoms with Crippen LogP contribution in [0.25, 0.3) is 0 Å². The van der Waals surface area contributed by atoms with E-state index in [1.807, 2.05) is 12.1 Å². The lowest BCUT2D eigenvalue weighted by atomic mass is 9.87. The second-order valence-corrected chi connectivity index (χ2v) is 10.1. The van der Waals surface area contributed by atoms with Gasteiger partial charge in [-0.25, -0.2) is 18.2 Å². The molecule has 0 spiro atoms. The van der Waals surface area contributed by atoms with Crippen molar-refractivity contribution < 1.29 is 27.6 Å². The Morgan fingerprint density at radius 2 is 1.76 bits per heavy atom. The molecule has 2 unspecified atom stereocenters. The SMILES string of the molecule is N#Cc1cc(F)cc(N(C(=O)C2CCC(=O)N2c2cc(C#N)ccn2)C(C(=O)NC2CC(F)(F)C2)c2ccccc2)c1. The molecule has 1 aromatic heterocycles. The van der Waals surface area contributed by atoms with Gasteiger partial charge in [-0.3, -0.25) is 24.2 Å². The smallest absolute Gasteiger partial charge is 0.252 e. The standard InChI is InChI=1S/C30H23F3N6O3/c31-21-10-19(17-35)11-23(13-21)38(27(20-4-2-1-3-5-20)28(41)37-22-14-30(32,33)15-22)29(42)24-6-7-26(40)39(24)25-12-18(16-34)8-9-36-25/h1-5,8-13,22,24,27H,6-7,14-15H2,(H,37,41). The zero-order valence-electron chi connectivity index (χ0n) is 22.0. The molecule has 1 saturated heterocycles. The number of nitrogens with one attached hydrogen (secondary N) is 1. The third-order valence-electron chi connectivity index (χ3n) is 7.20. The van der Waals surface area contributed by atoms with E-state index in [9.17, 15) is 38.1 Å². The molecule has 12 heteroatoms. The van der Waals surface area contributed by atoms with Crippen molar-refractivity contribution in [3.63, 3.8) is 0 Å². The molecule has 5 rings (SSSR count). The van der Waals surface area contributed by atoms with E-state index in [1.54, 1.807) is 30.3 Å². The Morgan fingerprint density at radius 3 is 2.43 bits per heavy atom. The molecule has 3 aromatic rings. The summed E-state index contributed by atoms with van der Waals surface area (Å²) < 4.78 is 41.9. The van der Waals surface area contributed by atoms with Gasteiger partial charge in [-0.1, -0.05) is 30.3 Å². The van der Waals surface area contributed by atoms with Crippen LogP contribution < -0.4 is 15.1 Å². The normalized spacial score (nSPS) is 18.4. The number of anilines is 2. The minimum absolute atomic E-state index is 0.0189. The van der Waals surface area contributed by atoms with Crippen LogP contribution in [-0.4, -0.2) is 40.7 Å². The highest BCUT2D eigenvalue weighted by Crippen LogP contribution is 2.39. The first-order valence-electron chi connectivity index (χ1n) is 13.1. The van der Waals surface area contributed by atoms with Crippen LogP contribution in [0.3, 0.4) is 0 Å². The van der Waals surface area contributed by atoms with Crippen LogP contribution >= 0.6 is 0 Å². The number of rotatable bonds is 7. The van der Waals surface area contributed by atoms with Gasteiger partial charge in [0.05, 0.1) is 23.3 Å². The Morgan fingerprint density at radius 1 is 1.05 bits per heavy atom. The number of hydrogen-bond donors (Lipinski definition) is 1. The van der Waals surface area contributed by atoms with Crippen molar-refractivity contribution in [3.8, 4) is 12.1 Å². The quantitative estimate of drug-likeness (QED) is 0.453. The van der Waals surface area contributed by atoms with Gasteiger partial charge in [0.15, 0.2) is 0 Å². The van der Waals surface area contributed by atoms with E-state index in [2.05, 4.69) is 10.3 Å². The van der Waals surface area contributed by atoms with E-state index in [0.29, 0.717) is 0 Å². The second-order valence-electron chi connectivity index (χ2n) is 10.1. The number of carbonyl (C=O) groups is 3. The molecule has 0 radical (unpaired) electrons. The molecule has 2 heterocycles. The van der Waals surface area contributed by atoms with E-state index < -0.39 is 60.4 Å². The van der Waals surface area contributed by atoms with Crippen molar-refractivity contribution in [2.45, 2.75) is 49.7 Å². The van der Waals surface area contributed by atoms with E-state index in [1.165, 1.54) is 24.4 Å². The van der Waals surface area contributed by atoms with E-state index >= 15 is 0 Å². The Labute approximate surface area is 238 Å². The molecule has 212 valence electrons. The molecule has 3 amide bonds. The van der Waals surface area contributed by atoms with Crippen LogP contribution in [0.15, 0.2) is 66.9 Å². The average molecular weight is 573 g/mol. The van der Waals surface area contributed by atoms with Gasteiger partial charge < -0.3 is 5.32 Å². The first-order chi connectivity index (χ1) is 20.1. The van der Waals surface area contributed by atoms with E-state index in [-0.39, 0.29) is 41.0 Å². The number of nitrogens with zero attached hydrogens (tertiary/aromatic N) is 5. The van der Waals surface area contributed by atoms with Crippen molar-refractivity contribution in [1.82, 2.24) is 10.3 Å². The predicted molar refractivity (Wildman–Crippen MR) is 143 cm³/mol. The molecule has 1 saturated carbocycles. The maximum absolute atomic E-state index is 14.8. The summed E-state index contributed by atoms with van der Waals surface area (Å²) in [5, 5.41) is 21.4. The lowest BCUT2D eigenvalue weighted by molar-refractivity contribution is -0.133. The summed E-state index contributed by atoms with van der Waals surface area (Å²) in [6, 6.07) is 14.2. The minimum atomic E-state index is -2.92. The Balaban J connectivity index is 1.62. The zero-order chi connectivity index (χ0) is 30.0. The third kappa shape index (κ3) is 5.65. The fourth-order valence-electron chi connectivity index (χ4n) is 5.26. The van der Waals surface area contributed by atoms with Gasteiger partial charge >= 0.3 is 0 Å². The average Bonchev–Trinajstić information content (AvgIpc) is 3.35. The van der Waals surface area contributed by atoms with Gasteiger partial charge in [0.25, 0.3) is 11.8 Å². The van der Waals surface area contributed by atoms with Gasteiger partial charge in [0, 0.05) is 37.2 Å². The lowest BCUT2D eigenvalue weighted by Crippen LogP contribution is -2.56. The molecule has 1 aliphatic heterocycles. The van der Waals surface area contributed by atoms with Crippen LogP contribution in [0.2, 0.25) is 0 Å². The van der Waals surface area contributed by atoms with Gasteiger partial charge in [-0.05, 0) is 42.3 Å². The Bertz CT molecular complexity index is 1630. The fraction of sp³-hybridized carbons (Fsp3) is 0.267. The van der Waals surface area contributed by atoms with E-state index in [4.69, 9.17) is 0 Å². The van der Waals surface area contributed by atoms with Gasteiger partial charge in [0.2, 0.25) is 11.8 Å². The lowest BCUT2D eigenvalue weighted by Gasteiger charge is -2.39. The monoisotopic (exact) mass is 572 g/mol. The van der Waals surface area contributed by atoms with Crippen molar-refractivity contribution >= 4 is 29.2 Å². The summed E-state index contributed by atoms with van der Waals surface area (Å²) >= 11 is 0. The summed E-state index contributed by atoms with van der Waals surface area (Å²) in [4.78, 5) is 47.6. The molecule has 1 aliphatic carbocycles. The molecule has 1 N–H and O–H groups in total. The topological polar surface area (TPSA) is 130 Å². The zero-order valence-corrected chi connectivity index (χ0v) is 22.0. The molecule has 2 atom stereocenters. The highest BCUT2D eigenvalue weighted by atomic mass is 19.3. The number of amides is 3. The molecule has 2 aromatic carbocycles. The van der Waals surface area contributed by atoms with Crippen molar-refractivity contribution in [1.29, 1.82) is 10.5 Å². The molecule has 42 heavy (non-hydrogen) atoms. The number of benzene rings is 2. The summed E-state index contributed by atoms with van der Waals surface area (Å²) in [6.45, 7) is 0. The molecular weight excluding hydrogens is 549 g/mol. The van der Waals surface area contributed by atoms with Crippen LogP contribution in [0.4, 0.5) is 24.7 Å². The van der Waals surface area contributed by atoms with Gasteiger partial charge in [0.1, 0.15) is 23.7 Å². The summed E-state index contributed by atoms with van der Waals surface area (Å²) in [5.74, 6) is -5.76. The molecule has 2 fully saturated rings. The maximum atomic E-state index is 14.8. The maximum Gasteiger partial charge on any atom is 0.252 e. The number of pyridine rings is 1. The number of nitriles is 2. The largest absolute Gasteiger partial charge is 0.351 e. The predicted octanol–water partition coefficient (Wildman–Crippen LogP) is 4.15. The first-order valence-corrected chi connectivity index (χ1v) is 13.1. The third-order valence-corrected chi connectivity index (χ3v) is 7.20. The minimum Gasteiger partial charge on any atom is -0.351 e.